The molecule has 39 heavy (non-hydrogen) atoms. The summed E-state index contributed by atoms with van der Waals surface area (Å²) < 4.78 is 35.0. The molecule has 0 saturated carbocycles. The van der Waals surface area contributed by atoms with Gasteiger partial charge >= 0.3 is 45.2 Å². The summed E-state index contributed by atoms with van der Waals surface area (Å²) in [6, 6.07) is 7.53. The fourth-order valence-corrected chi connectivity index (χ4v) is 5.27. The fourth-order valence-electron chi connectivity index (χ4n) is 4.38. The molecule has 0 aliphatic carbocycles. The molecule has 0 spiro atoms. The van der Waals surface area contributed by atoms with Crippen LogP contribution in [0.4, 0.5) is 0 Å². The van der Waals surface area contributed by atoms with Crippen LogP contribution in [0.25, 0.3) is 0 Å². The monoisotopic (exact) mass is 594 g/mol. The van der Waals surface area contributed by atoms with Gasteiger partial charge < -0.3 is 10.5 Å². The van der Waals surface area contributed by atoms with E-state index in [1.807, 2.05) is 100 Å². The van der Waals surface area contributed by atoms with E-state index in [2.05, 4.69) is 0 Å². The number of hydrogen-bond acceptors (Lipinski definition) is 4. The van der Waals surface area contributed by atoms with Crippen LogP contribution in [-0.2, 0) is 20.0 Å². The Morgan fingerprint density at radius 1 is 0.641 bits per heavy atom. The molecular formula is C28H45NaO8P2. The molecule has 0 atom stereocenters. The Labute approximate surface area is 257 Å². The molecule has 0 amide bonds. The van der Waals surface area contributed by atoms with Crippen molar-refractivity contribution in [3.8, 4) is 11.5 Å². The van der Waals surface area contributed by atoms with Crippen LogP contribution in [0.5, 0.6) is 11.5 Å². The molecule has 11 heteroatoms. The van der Waals surface area contributed by atoms with Crippen molar-refractivity contribution < 1.29 is 68.7 Å². The maximum Gasteiger partial charge on any atom is 1.00 e. The zero-order valence-corrected chi connectivity index (χ0v) is 29.1. The molecular weight excluding hydrogens is 549 g/mol. The Hall–Kier alpha value is -0.660. The first kappa shape index (κ1) is 36.4. The van der Waals surface area contributed by atoms with Crippen molar-refractivity contribution in [2.24, 2.45) is 0 Å². The summed E-state index contributed by atoms with van der Waals surface area (Å²) in [5.74, 6) is -0.264. The van der Waals surface area contributed by atoms with Gasteiger partial charge in [-0.15, -0.1) is 0 Å². The van der Waals surface area contributed by atoms with E-state index in [1.54, 1.807) is 0 Å². The van der Waals surface area contributed by atoms with Crippen LogP contribution in [0, 0.1) is 0 Å². The van der Waals surface area contributed by atoms with Gasteiger partial charge in [-0.3, -0.25) is 19.6 Å². The van der Waals surface area contributed by atoms with Crippen LogP contribution in [0.2, 0.25) is 0 Å². The van der Waals surface area contributed by atoms with Crippen LogP contribution >= 0.6 is 15.6 Å². The van der Waals surface area contributed by atoms with Crippen molar-refractivity contribution in [3.63, 3.8) is 0 Å². The van der Waals surface area contributed by atoms with Gasteiger partial charge in [-0.05, 0) is 33.8 Å². The van der Waals surface area contributed by atoms with Gasteiger partial charge in [0.05, 0.1) is 0 Å². The number of phosphoric ester groups is 2. The predicted octanol–water partition coefficient (Wildman–Crippen LogP) is 4.74. The molecule has 0 unspecified atom stereocenters. The summed E-state index contributed by atoms with van der Waals surface area (Å²) in [4.78, 5) is 39.4. The third kappa shape index (κ3) is 9.70. The molecule has 0 aromatic heterocycles. The second-order valence-corrected chi connectivity index (χ2v) is 15.0. The molecule has 0 aliphatic heterocycles. The standard InChI is InChI=1S/C28H44O8P2.Na.H/c1-16(2)19-12-21(25(35-37(29,30)31)23(14-19)27(6,7)8)18(5)22-13-20(17(3)4)15-24(28(9,10)11)26(22)36-38(32,33)34;;/h12-18H,1-11H3,(H2,29,30,31)(H2,32,33,34);;/q;+1;-1. The molecule has 216 valence electrons. The topological polar surface area (TPSA) is 134 Å². The minimum Gasteiger partial charge on any atom is -1.00 e. The molecule has 0 bridgehead atoms. The molecule has 0 saturated heterocycles. The van der Waals surface area contributed by atoms with Gasteiger partial charge in [0, 0.05) is 28.2 Å². The number of rotatable bonds is 8. The molecule has 2 aromatic carbocycles. The normalized spacial score (nSPS) is 13.2. The van der Waals surface area contributed by atoms with Gasteiger partial charge in [-0.2, -0.15) is 0 Å². The van der Waals surface area contributed by atoms with Crippen molar-refractivity contribution >= 4 is 15.6 Å². The van der Waals surface area contributed by atoms with Crippen molar-refractivity contribution in [2.75, 3.05) is 0 Å². The third-order valence-electron chi connectivity index (χ3n) is 6.58. The molecule has 4 N–H and O–H groups in total. The Balaban J connectivity index is 0.00000760. The van der Waals surface area contributed by atoms with Crippen molar-refractivity contribution in [2.45, 2.75) is 105 Å². The van der Waals surface area contributed by atoms with E-state index in [4.69, 9.17) is 9.05 Å². The molecule has 0 heterocycles. The average Bonchev–Trinajstić information content (AvgIpc) is 2.69. The first-order valence-corrected chi connectivity index (χ1v) is 15.8. The van der Waals surface area contributed by atoms with Gasteiger partial charge in [0.2, 0.25) is 0 Å². The van der Waals surface area contributed by atoms with Gasteiger partial charge in [0.1, 0.15) is 11.5 Å². The average molecular weight is 595 g/mol. The second kappa shape index (κ2) is 12.7. The van der Waals surface area contributed by atoms with E-state index >= 15 is 0 Å². The Bertz CT molecular complexity index is 1170. The van der Waals surface area contributed by atoms with E-state index in [0.29, 0.717) is 22.3 Å². The smallest absolute Gasteiger partial charge is 1.00 e. The quantitative estimate of drug-likeness (QED) is 0.255. The Morgan fingerprint density at radius 3 is 1.13 bits per heavy atom. The summed E-state index contributed by atoms with van der Waals surface area (Å²) in [5.41, 5.74) is 3.11. The fraction of sp³-hybridized carbons (Fsp3) is 0.571. The van der Waals surface area contributed by atoms with Crippen LogP contribution < -0.4 is 38.6 Å². The van der Waals surface area contributed by atoms with E-state index in [-0.39, 0.29) is 54.3 Å². The summed E-state index contributed by atoms with van der Waals surface area (Å²) in [5, 5.41) is 0. The van der Waals surface area contributed by atoms with E-state index < -0.39 is 32.4 Å². The SMILES string of the molecule is CC(C)c1cc(C(C)c2cc(C(C)C)cc(C(C)(C)C)c2OP(=O)(O)O)c(OP(=O)(O)O)c(C(C)(C)C)c1.[H-].[Na+]. The number of benzene rings is 2. The van der Waals surface area contributed by atoms with E-state index in [0.717, 1.165) is 11.1 Å². The van der Waals surface area contributed by atoms with Crippen LogP contribution in [-0.4, -0.2) is 19.6 Å². The second-order valence-electron chi connectivity index (χ2n) is 12.7. The van der Waals surface area contributed by atoms with Crippen LogP contribution in [0.1, 0.15) is 129 Å². The van der Waals surface area contributed by atoms with E-state index in [9.17, 15) is 28.7 Å². The van der Waals surface area contributed by atoms with E-state index in [1.165, 1.54) is 0 Å². The molecule has 8 nitrogen and oxygen atoms in total. The zero-order chi connectivity index (χ0) is 29.6. The largest absolute Gasteiger partial charge is 1.00 e. The molecule has 2 aromatic rings. The van der Waals surface area contributed by atoms with Crippen molar-refractivity contribution in [1.29, 1.82) is 0 Å². The molecule has 2 rings (SSSR count). The molecule has 0 radical (unpaired) electrons. The molecule has 0 aliphatic rings. The van der Waals surface area contributed by atoms with Gasteiger partial charge in [-0.1, -0.05) is 100 Å². The predicted molar refractivity (Wildman–Crippen MR) is 152 cm³/mol. The summed E-state index contributed by atoms with van der Waals surface area (Å²) >= 11 is 0. The first-order chi connectivity index (χ1) is 16.9. The Kier molecular flexibility index (Phi) is 11.8. The Morgan fingerprint density at radius 2 is 0.923 bits per heavy atom. The number of phosphoric acid groups is 2. The minimum atomic E-state index is -4.94. The number of hydrogen-bond donors (Lipinski definition) is 4. The summed E-state index contributed by atoms with van der Waals surface area (Å²) in [7, 11) is -9.89. The van der Waals surface area contributed by atoms with Gasteiger partial charge in [0.25, 0.3) is 0 Å². The molecule has 0 fully saturated rings. The summed E-state index contributed by atoms with van der Waals surface area (Å²) in [6.45, 7) is 21.6. The third-order valence-corrected chi connectivity index (χ3v) is 7.42. The maximum atomic E-state index is 12.1. The minimum absolute atomic E-state index is 0. The van der Waals surface area contributed by atoms with Crippen molar-refractivity contribution in [1.82, 2.24) is 0 Å². The first-order valence-electron chi connectivity index (χ1n) is 12.8. The van der Waals surface area contributed by atoms with Crippen LogP contribution in [0.3, 0.4) is 0 Å². The van der Waals surface area contributed by atoms with Gasteiger partial charge in [-0.25, -0.2) is 9.13 Å². The maximum absolute atomic E-state index is 12.1. The van der Waals surface area contributed by atoms with Crippen LogP contribution in [0.15, 0.2) is 24.3 Å². The van der Waals surface area contributed by atoms with Crippen molar-refractivity contribution in [3.05, 3.63) is 57.6 Å². The zero-order valence-electron chi connectivity index (χ0n) is 26.4. The summed E-state index contributed by atoms with van der Waals surface area (Å²) in [6.07, 6.45) is 0. The van der Waals surface area contributed by atoms with Gasteiger partial charge in [0.15, 0.2) is 0 Å².